The van der Waals surface area contributed by atoms with Crippen LogP contribution in [0, 0.1) is 17.0 Å². The Morgan fingerprint density at radius 1 is 1.52 bits per heavy atom. The topological polar surface area (TPSA) is 71.3 Å². The van der Waals surface area contributed by atoms with Crippen molar-refractivity contribution in [2.75, 3.05) is 24.5 Å². The molecule has 0 amide bonds. The molecule has 1 fully saturated rings. The van der Waals surface area contributed by atoms with Crippen LogP contribution in [0.2, 0.25) is 0 Å². The van der Waals surface area contributed by atoms with Crippen LogP contribution in [-0.2, 0) is 0 Å². The maximum absolute atomic E-state index is 11.5. The number of aryl methyl sites for hydroxylation is 1. The lowest BCUT2D eigenvalue weighted by Gasteiger charge is -2.39. The molecule has 0 radical (unpaired) electrons. The molecule has 7 heteroatoms. The van der Waals surface area contributed by atoms with Crippen molar-refractivity contribution in [2.24, 2.45) is 0 Å². The Morgan fingerprint density at radius 3 is 2.86 bits per heavy atom. The first-order valence-corrected chi connectivity index (χ1v) is 7.94. The van der Waals surface area contributed by atoms with Crippen LogP contribution in [0.1, 0.15) is 18.4 Å². The Kier molecular flexibility index (Phi) is 3.77. The van der Waals surface area contributed by atoms with Gasteiger partial charge in [-0.3, -0.25) is 10.1 Å². The van der Waals surface area contributed by atoms with Gasteiger partial charge in [0.2, 0.25) is 0 Å². The zero-order chi connectivity index (χ0) is 15.0. The highest BCUT2D eigenvalue weighted by Crippen LogP contribution is 2.36. The predicted molar refractivity (Wildman–Crippen MR) is 85.3 cm³/mol. The van der Waals surface area contributed by atoms with E-state index in [1.807, 2.05) is 13.0 Å². The van der Waals surface area contributed by atoms with E-state index in [-0.39, 0.29) is 10.6 Å². The van der Waals surface area contributed by atoms with Crippen LogP contribution in [0.4, 0.5) is 11.4 Å². The van der Waals surface area contributed by atoms with E-state index < -0.39 is 0 Å². The van der Waals surface area contributed by atoms with Crippen LogP contribution >= 0.6 is 11.3 Å². The molecule has 6 nitrogen and oxygen atoms in total. The molecular formula is C14H18N4O2S. The van der Waals surface area contributed by atoms with Crippen LogP contribution in [0.5, 0.6) is 0 Å². The normalized spacial score (nSPS) is 15.1. The fourth-order valence-corrected chi connectivity index (χ4v) is 3.52. The molecule has 3 rings (SSSR count). The number of fused-ring (bicyclic) bond motifs is 1. The predicted octanol–water partition coefficient (Wildman–Crippen LogP) is 2.70. The molecule has 112 valence electrons. The SMILES string of the molecule is CCCN(c1cc2nc(C)sc2cc1[N+](=O)[O-])C1CNC1. The maximum atomic E-state index is 11.5. The third kappa shape index (κ3) is 2.58. The number of aromatic nitrogens is 1. The molecule has 2 heterocycles. The van der Waals surface area contributed by atoms with Gasteiger partial charge in [-0.2, -0.15) is 0 Å². The molecule has 0 atom stereocenters. The summed E-state index contributed by atoms with van der Waals surface area (Å²) in [6.07, 6.45) is 0.960. The summed E-state index contributed by atoms with van der Waals surface area (Å²) in [4.78, 5) is 17.8. The van der Waals surface area contributed by atoms with E-state index in [1.54, 1.807) is 6.07 Å². The van der Waals surface area contributed by atoms with Gasteiger partial charge in [0.1, 0.15) is 5.69 Å². The molecule has 0 aliphatic carbocycles. The van der Waals surface area contributed by atoms with Gasteiger partial charge in [0.25, 0.3) is 5.69 Å². The molecule has 0 spiro atoms. The largest absolute Gasteiger partial charge is 0.360 e. The monoisotopic (exact) mass is 306 g/mol. The van der Waals surface area contributed by atoms with Gasteiger partial charge in [-0.15, -0.1) is 11.3 Å². The molecule has 1 saturated heterocycles. The Balaban J connectivity index is 2.12. The Bertz CT molecular complexity index is 681. The lowest BCUT2D eigenvalue weighted by Crippen LogP contribution is -2.57. The molecule has 1 aliphatic rings. The van der Waals surface area contributed by atoms with Gasteiger partial charge in [0.15, 0.2) is 0 Å². The third-order valence-electron chi connectivity index (χ3n) is 3.76. The smallest absolute Gasteiger partial charge is 0.294 e. The fraction of sp³-hybridized carbons (Fsp3) is 0.500. The van der Waals surface area contributed by atoms with Gasteiger partial charge in [0.05, 0.1) is 26.2 Å². The lowest BCUT2D eigenvalue weighted by molar-refractivity contribution is -0.384. The lowest BCUT2D eigenvalue weighted by atomic mass is 10.1. The van der Waals surface area contributed by atoms with Crippen molar-refractivity contribution in [3.8, 4) is 0 Å². The van der Waals surface area contributed by atoms with Crippen molar-refractivity contribution in [1.29, 1.82) is 0 Å². The Morgan fingerprint density at radius 2 is 2.29 bits per heavy atom. The summed E-state index contributed by atoms with van der Waals surface area (Å²) in [5.41, 5.74) is 1.74. The highest BCUT2D eigenvalue weighted by atomic mass is 32.1. The molecule has 21 heavy (non-hydrogen) atoms. The van der Waals surface area contributed by atoms with E-state index in [0.717, 1.165) is 41.3 Å². The van der Waals surface area contributed by atoms with E-state index in [9.17, 15) is 10.1 Å². The van der Waals surface area contributed by atoms with E-state index in [4.69, 9.17) is 0 Å². The zero-order valence-corrected chi connectivity index (χ0v) is 12.9. The molecule has 0 bridgehead atoms. The molecule has 0 unspecified atom stereocenters. The van der Waals surface area contributed by atoms with Crippen molar-refractivity contribution in [2.45, 2.75) is 26.3 Å². The van der Waals surface area contributed by atoms with Gasteiger partial charge >= 0.3 is 0 Å². The number of nitrogens with zero attached hydrogens (tertiary/aromatic N) is 3. The number of nitro benzene ring substituents is 1. The molecule has 2 aromatic rings. The number of nitrogens with one attached hydrogen (secondary N) is 1. The summed E-state index contributed by atoms with van der Waals surface area (Å²) in [6, 6.07) is 3.88. The maximum Gasteiger partial charge on any atom is 0.294 e. The number of hydrogen-bond donors (Lipinski definition) is 1. The Hall–Kier alpha value is -1.73. The first kappa shape index (κ1) is 14.2. The highest BCUT2D eigenvalue weighted by molar-refractivity contribution is 7.18. The van der Waals surface area contributed by atoms with E-state index in [1.165, 1.54) is 11.3 Å². The van der Waals surface area contributed by atoms with Crippen LogP contribution in [0.15, 0.2) is 12.1 Å². The number of anilines is 1. The van der Waals surface area contributed by atoms with Gasteiger partial charge in [-0.05, 0) is 19.4 Å². The minimum absolute atomic E-state index is 0.187. The average molecular weight is 306 g/mol. The molecular weight excluding hydrogens is 288 g/mol. The summed E-state index contributed by atoms with van der Waals surface area (Å²) in [7, 11) is 0. The number of nitro groups is 1. The molecule has 1 aliphatic heterocycles. The second-order valence-corrected chi connectivity index (χ2v) is 6.54. The zero-order valence-electron chi connectivity index (χ0n) is 12.1. The standard InChI is InChI=1S/C14H18N4O2S/c1-3-4-17(10-7-15-8-10)12-5-11-14(21-9(2)16-11)6-13(12)18(19)20/h5-6,10,15H,3-4,7-8H2,1-2H3. The average Bonchev–Trinajstić information content (AvgIpc) is 2.73. The number of rotatable bonds is 5. The van der Waals surface area contributed by atoms with Crippen molar-refractivity contribution in [3.63, 3.8) is 0 Å². The number of hydrogen-bond acceptors (Lipinski definition) is 6. The molecule has 1 aromatic carbocycles. The van der Waals surface area contributed by atoms with Crippen LogP contribution in [0.3, 0.4) is 0 Å². The van der Waals surface area contributed by atoms with Crippen molar-refractivity contribution < 1.29 is 4.92 Å². The van der Waals surface area contributed by atoms with Crippen LogP contribution in [0.25, 0.3) is 10.2 Å². The summed E-state index contributed by atoms with van der Waals surface area (Å²) in [5, 5.41) is 15.6. The fourth-order valence-electron chi connectivity index (χ4n) is 2.68. The summed E-state index contributed by atoms with van der Waals surface area (Å²) in [5.74, 6) is 0. The van der Waals surface area contributed by atoms with E-state index in [0.29, 0.717) is 11.7 Å². The minimum atomic E-state index is -0.279. The molecule has 1 N–H and O–H groups in total. The van der Waals surface area contributed by atoms with Crippen molar-refractivity contribution in [3.05, 3.63) is 27.3 Å². The number of benzene rings is 1. The summed E-state index contributed by atoms with van der Waals surface area (Å²) in [6.45, 7) is 6.60. The first-order chi connectivity index (χ1) is 10.1. The third-order valence-corrected chi connectivity index (χ3v) is 4.70. The highest BCUT2D eigenvalue weighted by Gasteiger charge is 2.29. The molecule has 1 aromatic heterocycles. The van der Waals surface area contributed by atoms with Crippen molar-refractivity contribution >= 4 is 32.9 Å². The minimum Gasteiger partial charge on any atom is -0.360 e. The van der Waals surface area contributed by atoms with Crippen LogP contribution < -0.4 is 10.2 Å². The van der Waals surface area contributed by atoms with Gasteiger partial charge in [-0.1, -0.05) is 6.92 Å². The quantitative estimate of drug-likeness (QED) is 0.679. The summed E-state index contributed by atoms with van der Waals surface area (Å²) < 4.78 is 0.881. The van der Waals surface area contributed by atoms with Crippen molar-refractivity contribution in [1.82, 2.24) is 10.3 Å². The Labute approximate surface area is 126 Å². The van der Waals surface area contributed by atoms with E-state index >= 15 is 0 Å². The van der Waals surface area contributed by atoms with Gasteiger partial charge < -0.3 is 10.2 Å². The van der Waals surface area contributed by atoms with Gasteiger partial charge in [-0.25, -0.2) is 4.98 Å². The molecule has 0 saturated carbocycles. The first-order valence-electron chi connectivity index (χ1n) is 7.13. The second-order valence-electron chi connectivity index (χ2n) is 5.30. The summed E-state index contributed by atoms with van der Waals surface area (Å²) >= 11 is 1.50. The van der Waals surface area contributed by atoms with Crippen LogP contribution in [-0.4, -0.2) is 35.6 Å². The number of thiazole rings is 1. The second kappa shape index (κ2) is 5.57. The van der Waals surface area contributed by atoms with E-state index in [2.05, 4.69) is 22.1 Å². The van der Waals surface area contributed by atoms with Gasteiger partial charge in [0, 0.05) is 25.7 Å².